The fourth-order valence-electron chi connectivity index (χ4n) is 6.28. The summed E-state index contributed by atoms with van der Waals surface area (Å²) in [7, 11) is 0. The minimum atomic E-state index is 0.0602. The van der Waals surface area contributed by atoms with Gasteiger partial charge in [-0.15, -0.1) is 0 Å². The van der Waals surface area contributed by atoms with Gasteiger partial charge in [0, 0.05) is 25.4 Å². The molecule has 0 saturated carbocycles. The van der Waals surface area contributed by atoms with Gasteiger partial charge in [-0.05, 0) is 89.7 Å². The highest BCUT2D eigenvalue weighted by molar-refractivity contribution is 5.96. The number of nitrogens with zero attached hydrogens (tertiary/aromatic N) is 1. The van der Waals surface area contributed by atoms with Crippen molar-refractivity contribution < 1.29 is 9.53 Å². The molecule has 0 radical (unpaired) electrons. The fraction of sp³-hybridized carbons (Fsp3) is 0.364. The predicted molar refractivity (Wildman–Crippen MR) is 146 cm³/mol. The Kier molecular flexibility index (Phi) is 6.60. The molecular formula is C33H35NO2. The molecule has 184 valence electrons. The fourth-order valence-corrected chi connectivity index (χ4v) is 6.28. The molecule has 1 aliphatic heterocycles. The lowest BCUT2D eigenvalue weighted by Gasteiger charge is -2.26. The second-order valence-corrected chi connectivity index (χ2v) is 10.6. The molecule has 36 heavy (non-hydrogen) atoms. The molecule has 0 spiro atoms. The lowest BCUT2D eigenvalue weighted by atomic mass is 9.90. The monoisotopic (exact) mass is 477 g/mol. The van der Waals surface area contributed by atoms with Gasteiger partial charge >= 0.3 is 0 Å². The number of Topliss-reactive ketones (excluding diaryl/α,β-unsaturated/α-hetero) is 1. The number of carbonyl (C=O) groups is 1. The van der Waals surface area contributed by atoms with Crippen molar-refractivity contribution in [2.24, 2.45) is 0 Å². The second-order valence-electron chi connectivity index (χ2n) is 10.6. The van der Waals surface area contributed by atoms with Crippen molar-refractivity contribution in [3.8, 4) is 0 Å². The van der Waals surface area contributed by atoms with Crippen LogP contribution in [0.3, 0.4) is 0 Å². The Balaban J connectivity index is 1.28. The Labute approximate surface area is 214 Å². The molecule has 3 heteroatoms. The summed E-state index contributed by atoms with van der Waals surface area (Å²) >= 11 is 0. The molecular weight excluding hydrogens is 442 g/mol. The molecule has 1 heterocycles. The van der Waals surface area contributed by atoms with Crippen LogP contribution in [0.4, 0.5) is 0 Å². The first-order valence-electron chi connectivity index (χ1n) is 13.5. The Morgan fingerprint density at radius 3 is 2.61 bits per heavy atom. The van der Waals surface area contributed by atoms with Gasteiger partial charge in [-0.25, -0.2) is 0 Å². The van der Waals surface area contributed by atoms with Crippen LogP contribution >= 0.6 is 0 Å². The maximum absolute atomic E-state index is 13.0. The van der Waals surface area contributed by atoms with Gasteiger partial charge < -0.3 is 4.74 Å². The zero-order valence-corrected chi connectivity index (χ0v) is 21.3. The van der Waals surface area contributed by atoms with Crippen LogP contribution in [-0.2, 0) is 28.8 Å². The minimum Gasteiger partial charge on any atom is -0.379 e. The van der Waals surface area contributed by atoms with Crippen LogP contribution in [0.25, 0.3) is 11.6 Å². The molecule has 3 nitrogen and oxygen atoms in total. The smallest absolute Gasteiger partial charge is 0.144 e. The Hall–Kier alpha value is -3.01. The van der Waals surface area contributed by atoms with Gasteiger partial charge in [0.1, 0.15) is 5.78 Å². The number of ketones is 1. The lowest BCUT2D eigenvalue weighted by molar-refractivity contribution is -0.119. The number of hydrogen-bond donors (Lipinski definition) is 0. The number of hydrogen-bond acceptors (Lipinski definition) is 3. The molecule has 1 saturated heterocycles. The molecule has 0 bridgehead atoms. The largest absolute Gasteiger partial charge is 0.379 e. The molecule has 1 atom stereocenters. The van der Waals surface area contributed by atoms with E-state index < -0.39 is 0 Å². The third-order valence-electron chi connectivity index (χ3n) is 8.20. The minimum absolute atomic E-state index is 0.0602. The normalized spacial score (nSPS) is 20.6. The van der Waals surface area contributed by atoms with Crippen molar-refractivity contribution >= 4 is 17.4 Å². The molecule has 0 N–H and O–H groups in total. The Morgan fingerprint density at radius 2 is 1.72 bits per heavy atom. The summed E-state index contributed by atoms with van der Waals surface area (Å²) in [6.07, 6.45) is 7.05. The Morgan fingerprint density at radius 1 is 0.917 bits per heavy atom. The van der Waals surface area contributed by atoms with Crippen LogP contribution in [0.15, 0.2) is 60.7 Å². The van der Waals surface area contributed by atoms with Crippen LogP contribution in [0.1, 0.15) is 63.3 Å². The number of morpholine rings is 1. The maximum Gasteiger partial charge on any atom is 0.144 e. The molecule has 2 aliphatic carbocycles. The highest BCUT2D eigenvalue weighted by Gasteiger charge is 2.30. The summed E-state index contributed by atoms with van der Waals surface area (Å²) in [5.74, 6) is 0.447. The van der Waals surface area contributed by atoms with E-state index in [1.165, 1.54) is 50.1 Å². The van der Waals surface area contributed by atoms with E-state index >= 15 is 0 Å². The van der Waals surface area contributed by atoms with Gasteiger partial charge in [0.2, 0.25) is 0 Å². The zero-order valence-electron chi connectivity index (χ0n) is 21.3. The Bertz CT molecular complexity index is 1320. The summed E-state index contributed by atoms with van der Waals surface area (Å²) in [5, 5.41) is 0. The van der Waals surface area contributed by atoms with E-state index in [9.17, 15) is 4.79 Å². The van der Waals surface area contributed by atoms with Crippen molar-refractivity contribution in [1.29, 1.82) is 0 Å². The van der Waals surface area contributed by atoms with E-state index in [2.05, 4.69) is 78.6 Å². The van der Waals surface area contributed by atoms with Gasteiger partial charge in [-0.2, -0.15) is 0 Å². The van der Waals surface area contributed by atoms with Crippen molar-refractivity contribution in [1.82, 2.24) is 4.90 Å². The predicted octanol–water partition coefficient (Wildman–Crippen LogP) is 6.00. The third-order valence-corrected chi connectivity index (χ3v) is 8.20. The highest BCUT2D eigenvalue weighted by atomic mass is 16.5. The van der Waals surface area contributed by atoms with E-state index in [-0.39, 0.29) is 5.92 Å². The van der Waals surface area contributed by atoms with Gasteiger partial charge in [0.25, 0.3) is 0 Å². The van der Waals surface area contributed by atoms with Gasteiger partial charge in [-0.3, -0.25) is 9.69 Å². The van der Waals surface area contributed by atoms with Crippen LogP contribution in [0.5, 0.6) is 0 Å². The summed E-state index contributed by atoms with van der Waals surface area (Å²) in [6, 6.07) is 22.4. The van der Waals surface area contributed by atoms with Crippen LogP contribution < -0.4 is 0 Å². The quantitative estimate of drug-likeness (QED) is 0.451. The van der Waals surface area contributed by atoms with Gasteiger partial charge in [0.05, 0.1) is 13.2 Å². The van der Waals surface area contributed by atoms with Crippen LogP contribution in [0, 0.1) is 6.92 Å². The van der Waals surface area contributed by atoms with Crippen LogP contribution in [-0.4, -0.2) is 43.5 Å². The number of carbonyl (C=O) groups excluding carboxylic acids is 1. The van der Waals surface area contributed by atoms with E-state index in [0.717, 1.165) is 58.5 Å². The molecule has 3 aliphatic rings. The first kappa shape index (κ1) is 23.4. The topological polar surface area (TPSA) is 29.5 Å². The molecule has 0 amide bonds. The second kappa shape index (κ2) is 10.2. The number of fused-ring (bicyclic) bond motifs is 3. The van der Waals surface area contributed by atoms with Crippen molar-refractivity contribution in [3.05, 3.63) is 105 Å². The highest BCUT2D eigenvalue weighted by Crippen LogP contribution is 2.38. The SMILES string of the molecule is Cc1ccc2c(c1)CCc1ccccc1/C2=C\c1ccc2c(c1)CC(=O)C2CCCN1CCOCC1. The lowest BCUT2D eigenvalue weighted by Crippen LogP contribution is -2.36. The number of rotatable bonds is 5. The van der Waals surface area contributed by atoms with Crippen molar-refractivity contribution in [3.63, 3.8) is 0 Å². The number of ether oxygens (including phenoxy) is 1. The number of benzene rings is 3. The molecule has 6 rings (SSSR count). The van der Waals surface area contributed by atoms with Gasteiger partial charge in [-0.1, -0.05) is 66.2 Å². The summed E-state index contributed by atoms with van der Waals surface area (Å²) in [5.41, 5.74) is 11.8. The summed E-state index contributed by atoms with van der Waals surface area (Å²) < 4.78 is 5.46. The standard InChI is InChI=1S/C33H35NO2/c1-23-8-12-29-26(19-23)11-10-25-5-2-3-6-28(25)32(29)21-24-9-13-30-27(20-24)22-33(35)31(30)7-4-14-34-15-17-36-18-16-34/h2-3,5-6,8-9,12-13,19-21,31H,4,7,10-11,14-18,22H2,1H3/b32-21+. The third kappa shape index (κ3) is 4.70. The zero-order chi connectivity index (χ0) is 24.5. The van der Waals surface area contributed by atoms with Gasteiger partial charge in [0.15, 0.2) is 0 Å². The van der Waals surface area contributed by atoms with Crippen molar-refractivity contribution in [2.75, 3.05) is 32.8 Å². The average Bonchev–Trinajstić information content (AvgIpc) is 3.12. The van der Waals surface area contributed by atoms with E-state index in [1.807, 2.05) is 0 Å². The molecule has 1 unspecified atom stereocenters. The van der Waals surface area contributed by atoms with E-state index in [1.54, 1.807) is 0 Å². The first-order valence-corrected chi connectivity index (χ1v) is 13.5. The molecule has 3 aromatic carbocycles. The first-order chi connectivity index (χ1) is 17.7. The number of aryl methyl sites for hydroxylation is 3. The van der Waals surface area contributed by atoms with Crippen molar-refractivity contribution in [2.45, 2.75) is 44.9 Å². The molecule has 0 aromatic heterocycles. The van der Waals surface area contributed by atoms with E-state index in [0.29, 0.717) is 12.2 Å². The summed E-state index contributed by atoms with van der Waals surface area (Å²) in [4.78, 5) is 15.4. The van der Waals surface area contributed by atoms with Crippen LogP contribution in [0.2, 0.25) is 0 Å². The molecule has 1 fully saturated rings. The average molecular weight is 478 g/mol. The molecule has 3 aromatic rings. The maximum atomic E-state index is 13.0. The van der Waals surface area contributed by atoms with E-state index in [4.69, 9.17) is 4.74 Å². The summed E-state index contributed by atoms with van der Waals surface area (Å²) in [6.45, 7) is 6.93.